The molecular formula is C8H9F3N4. The fraction of sp³-hybridized carbons (Fsp3) is 0.500. The van der Waals surface area contributed by atoms with Crippen molar-refractivity contribution in [3.8, 4) is 6.07 Å². The Balaban J connectivity index is 3.30. The molecule has 0 saturated carbocycles. The molecule has 2 N–H and O–H groups in total. The molecule has 0 unspecified atom stereocenters. The van der Waals surface area contributed by atoms with E-state index in [4.69, 9.17) is 11.0 Å². The Morgan fingerprint density at radius 3 is 2.47 bits per heavy atom. The predicted octanol–water partition coefficient (Wildman–Crippen LogP) is 1.77. The number of aryl methyl sites for hydroxylation is 1. The third kappa shape index (κ3) is 2.03. The number of halogens is 3. The number of alkyl halides is 3. The zero-order valence-electron chi connectivity index (χ0n) is 7.97. The molecule has 1 rings (SSSR count). The third-order valence-corrected chi connectivity index (χ3v) is 1.81. The number of nitrogen functional groups attached to an aromatic ring is 1. The second-order valence-corrected chi connectivity index (χ2v) is 2.94. The van der Waals surface area contributed by atoms with Gasteiger partial charge in [0.2, 0.25) is 0 Å². The lowest BCUT2D eigenvalue weighted by atomic mass is 10.2. The van der Waals surface area contributed by atoms with Crippen molar-refractivity contribution in [1.29, 1.82) is 5.26 Å². The van der Waals surface area contributed by atoms with Crippen molar-refractivity contribution < 1.29 is 13.2 Å². The molecule has 1 aromatic heterocycles. The molecule has 7 heteroatoms. The first-order valence-corrected chi connectivity index (χ1v) is 4.25. The van der Waals surface area contributed by atoms with Crippen LogP contribution in [0.2, 0.25) is 0 Å². The maximum absolute atomic E-state index is 12.4. The lowest BCUT2D eigenvalue weighted by Crippen LogP contribution is -2.09. The molecule has 0 aromatic carbocycles. The monoisotopic (exact) mass is 218 g/mol. The number of rotatable bonds is 2. The van der Waals surface area contributed by atoms with Gasteiger partial charge in [0.1, 0.15) is 17.5 Å². The van der Waals surface area contributed by atoms with Crippen molar-refractivity contribution in [3.63, 3.8) is 0 Å². The van der Waals surface area contributed by atoms with Gasteiger partial charge in [0.15, 0.2) is 5.69 Å². The number of anilines is 1. The maximum atomic E-state index is 12.4. The molecule has 0 radical (unpaired) electrons. The quantitative estimate of drug-likeness (QED) is 0.822. The Bertz CT molecular complexity index is 399. The van der Waals surface area contributed by atoms with E-state index in [1.54, 1.807) is 6.92 Å². The Hall–Kier alpha value is -1.71. The molecule has 0 spiro atoms. The van der Waals surface area contributed by atoms with E-state index in [9.17, 15) is 13.2 Å². The Morgan fingerprint density at radius 2 is 2.13 bits per heavy atom. The topological polar surface area (TPSA) is 67.6 Å². The van der Waals surface area contributed by atoms with Crippen LogP contribution in [0, 0.1) is 11.3 Å². The van der Waals surface area contributed by atoms with Gasteiger partial charge >= 0.3 is 6.18 Å². The van der Waals surface area contributed by atoms with E-state index in [1.165, 1.54) is 6.07 Å². The van der Waals surface area contributed by atoms with Gasteiger partial charge < -0.3 is 5.73 Å². The van der Waals surface area contributed by atoms with Gasteiger partial charge in [-0.3, -0.25) is 0 Å². The minimum absolute atomic E-state index is 0.230. The lowest BCUT2D eigenvalue weighted by Gasteiger charge is -2.01. The highest BCUT2D eigenvalue weighted by atomic mass is 19.4. The molecule has 0 aliphatic rings. The summed E-state index contributed by atoms with van der Waals surface area (Å²) in [6.07, 6.45) is -4.05. The van der Waals surface area contributed by atoms with Crippen LogP contribution in [0.5, 0.6) is 0 Å². The van der Waals surface area contributed by atoms with Crippen LogP contribution < -0.4 is 5.73 Å². The molecule has 0 bridgehead atoms. The average molecular weight is 218 g/mol. The van der Waals surface area contributed by atoms with Crippen LogP contribution in [-0.2, 0) is 12.7 Å². The molecule has 0 fully saturated rings. The summed E-state index contributed by atoms with van der Waals surface area (Å²) in [4.78, 5) is 0. The van der Waals surface area contributed by atoms with Gasteiger partial charge in [-0.25, -0.2) is 4.68 Å². The first kappa shape index (κ1) is 11.4. The van der Waals surface area contributed by atoms with E-state index in [2.05, 4.69) is 5.10 Å². The van der Waals surface area contributed by atoms with Crippen LogP contribution in [0.3, 0.4) is 0 Å². The van der Waals surface area contributed by atoms with E-state index in [1.807, 2.05) is 0 Å². The fourth-order valence-electron chi connectivity index (χ4n) is 1.17. The molecule has 0 amide bonds. The molecule has 1 aromatic rings. The van der Waals surface area contributed by atoms with Gasteiger partial charge in [0, 0.05) is 6.54 Å². The largest absolute Gasteiger partial charge is 0.436 e. The molecule has 1 heterocycles. The molecule has 0 atom stereocenters. The molecule has 0 saturated heterocycles. The van der Waals surface area contributed by atoms with Gasteiger partial charge in [-0.05, 0) is 6.42 Å². The zero-order chi connectivity index (χ0) is 11.6. The van der Waals surface area contributed by atoms with Gasteiger partial charge in [-0.1, -0.05) is 6.92 Å². The number of hydrogen-bond donors (Lipinski definition) is 1. The molecule has 15 heavy (non-hydrogen) atoms. The van der Waals surface area contributed by atoms with Crippen LogP contribution in [0.1, 0.15) is 24.6 Å². The summed E-state index contributed by atoms with van der Waals surface area (Å²) in [5.74, 6) is -0.230. The summed E-state index contributed by atoms with van der Waals surface area (Å²) in [7, 11) is 0. The van der Waals surface area contributed by atoms with E-state index < -0.39 is 17.4 Å². The Kier molecular flexibility index (Phi) is 2.88. The Morgan fingerprint density at radius 1 is 1.53 bits per heavy atom. The summed E-state index contributed by atoms with van der Waals surface area (Å²) in [6.45, 7) is 2.04. The van der Waals surface area contributed by atoms with Crippen LogP contribution in [0.4, 0.5) is 19.0 Å². The summed E-state index contributed by atoms with van der Waals surface area (Å²) in [5.41, 5.74) is 3.56. The van der Waals surface area contributed by atoms with E-state index in [0.29, 0.717) is 6.42 Å². The second-order valence-electron chi connectivity index (χ2n) is 2.94. The number of nitrogens with zero attached hydrogens (tertiary/aromatic N) is 3. The zero-order valence-corrected chi connectivity index (χ0v) is 7.97. The Labute approximate surface area is 84.1 Å². The highest BCUT2D eigenvalue weighted by Gasteiger charge is 2.39. The molecule has 0 aliphatic carbocycles. The molecule has 4 nitrogen and oxygen atoms in total. The third-order valence-electron chi connectivity index (χ3n) is 1.81. The molecular weight excluding hydrogens is 209 g/mol. The second kappa shape index (κ2) is 3.81. The molecule has 82 valence electrons. The maximum Gasteiger partial charge on any atom is 0.436 e. The minimum Gasteiger partial charge on any atom is -0.383 e. The van der Waals surface area contributed by atoms with E-state index in [0.717, 1.165) is 4.68 Å². The van der Waals surface area contributed by atoms with Gasteiger partial charge in [-0.15, -0.1) is 0 Å². The van der Waals surface area contributed by atoms with E-state index in [-0.39, 0.29) is 12.4 Å². The summed E-state index contributed by atoms with van der Waals surface area (Å²) >= 11 is 0. The van der Waals surface area contributed by atoms with Crippen molar-refractivity contribution in [2.75, 3.05) is 5.73 Å². The van der Waals surface area contributed by atoms with Crippen molar-refractivity contribution in [3.05, 3.63) is 11.3 Å². The number of hydrogen-bond acceptors (Lipinski definition) is 3. The van der Waals surface area contributed by atoms with Crippen LogP contribution in [-0.4, -0.2) is 9.78 Å². The minimum atomic E-state index is -4.64. The summed E-state index contributed by atoms with van der Waals surface area (Å²) in [5, 5.41) is 11.8. The van der Waals surface area contributed by atoms with Gasteiger partial charge in [0.05, 0.1) is 0 Å². The number of aromatic nitrogens is 2. The number of nitrogens with two attached hydrogens (primary N) is 1. The first-order valence-electron chi connectivity index (χ1n) is 4.25. The smallest absolute Gasteiger partial charge is 0.383 e. The van der Waals surface area contributed by atoms with Gasteiger partial charge in [0.25, 0.3) is 0 Å². The van der Waals surface area contributed by atoms with Gasteiger partial charge in [-0.2, -0.15) is 23.5 Å². The van der Waals surface area contributed by atoms with Crippen LogP contribution in [0.15, 0.2) is 0 Å². The van der Waals surface area contributed by atoms with Crippen molar-refractivity contribution in [1.82, 2.24) is 9.78 Å². The highest BCUT2D eigenvalue weighted by molar-refractivity contribution is 5.52. The summed E-state index contributed by atoms with van der Waals surface area (Å²) < 4.78 is 38.2. The highest BCUT2D eigenvalue weighted by Crippen LogP contribution is 2.33. The summed E-state index contributed by atoms with van der Waals surface area (Å²) in [6, 6.07) is 1.42. The predicted molar refractivity (Wildman–Crippen MR) is 46.6 cm³/mol. The first-order chi connectivity index (χ1) is 6.91. The number of nitriles is 1. The standard InChI is InChI=1S/C8H9F3N4/c1-2-3-15-7(13)5(4-12)6(14-15)8(9,10)11/h2-3,13H2,1H3. The van der Waals surface area contributed by atoms with Crippen molar-refractivity contribution in [2.45, 2.75) is 26.1 Å². The molecule has 0 aliphatic heterocycles. The normalized spacial score (nSPS) is 11.4. The fourth-order valence-corrected chi connectivity index (χ4v) is 1.17. The average Bonchev–Trinajstić information content (AvgIpc) is 2.44. The van der Waals surface area contributed by atoms with E-state index >= 15 is 0 Å². The SMILES string of the molecule is CCCn1nc(C(F)(F)F)c(C#N)c1N. The van der Waals surface area contributed by atoms with Crippen LogP contribution >= 0.6 is 0 Å². The van der Waals surface area contributed by atoms with Crippen LogP contribution in [0.25, 0.3) is 0 Å². The lowest BCUT2D eigenvalue weighted by molar-refractivity contribution is -0.141. The van der Waals surface area contributed by atoms with Crippen molar-refractivity contribution in [2.24, 2.45) is 0 Å². The van der Waals surface area contributed by atoms with Crippen molar-refractivity contribution >= 4 is 5.82 Å².